The van der Waals surface area contributed by atoms with Gasteiger partial charge >= 0.3 is 0 Å². The van der Waals surface area contributed by atoms with Gasteiger partial charge in [0.1, 0.15) is 0 Å². The quantitative estimate of drug-likeness (QED) is 0.432. The molecule has 1 aliphatic rings. The summed E-state index contributed by atoms with van der Waals surface area (Å²) in [6.45, 7) is 1.14. The molecule has 0 unspecified atom stereocenters. The van der Waals surface area contributed by atoms with Crippen molar-refractivity contribution in [2.75, 3.05) is 6.54 Å². The first-order valence-corrected chi connectivity index (χ1v) is 3.48. The maximum Gasteiger partial charge on any atom is 0.299 e. The minimum Gasteiger partial charge on any atom is -0.391 e. The van der Waals surface area contributed by atoms with Crippen LogP contribution in [0.2, 0.25) is 0 Å². The molecule has 0 aromatic heterocycles. The van der Waals surface area contributed by atoms with E-state index in [0.717, 1.165) is 6.54 Å². The van der Waals surface area contributed by atoms with Crippen molar-refractivity contribution < 1.29 is 13.3 Å². The van der Waals surface area contributed by atoms with Crippen molar-refractivity contribution in [2.24, 2.45) is 0 Å². The second kappa shape index (κ2) is 5.74. The first-order chi connectivity index (χ1) is 4.23. The molecule has 0 bridgehead atoms. The summed E-state index contributed by atoms with van der Waals surface area (Å²) in [4.78, 5) is 0. The van der Waals surface area contributed by atoms with Gasteiger partial charge in [-0.2, -0.15) is 4.21 Å². The highest BCUT2D eigenvalue weighted by atomic mass is 32.2. The van der Waals surface area contributed by atoms with Crippen LogP contribution in [0.1, 0.15) is 6.42 Å². The molecule has 54 valence electrons. The minimum atomic E-state index is -2.61. The summed E-state index contributed by atoms with van der Waals surface area (Å²) in [5.41, 5.74) is 0. The minimum absolute atomic E-state index is 1.14. The van der Waals surface area contributed by atoms with E-state index in [-0.39, 0.29) is 0 Å². The van der Waals surface area contributed by atoms with Crippen LogP contribution in [0.3, 0.4) is 0 Å². The fraction of sp³-hybridized carbons (Fsp3) is 0.500. The van der Waals surface area contributed by atoms with E-state index in [2.05, 4.69) is 11.4 Å². The Bertz CT molecular complexity index is 104. The standard InChI is InChI=1S/C4H7N.H2O3S/c1-2-4-5-3-1;1-4(2)3/h1,3,5H,2,4H2;(H2,1,2,3). The molecular formula is C4H9NO3S. The molecular weight excluding hydrogens is 142 g/mol. The van der Waals surface area contributed by atoms with E-state index in [1.807, 2.05) is 6.20 Å². The Morgan fingerprint density at radius 3 is 2.22 bits per heavy atom. The maximum absolute atomic E-state index is 8.67. The third kappa shape index (κ3) is 11.3. The maximum atomic E-state index is 8.67. The van der Waals surface area contributed by atoms with Crippen molar-refractivity contribution in [3.8, 4) is 0 Å². The summed E-state index contributed by atoms with van der Waals surface area (Å²) in [6, 6.07) is 0. The topological polar surface area (TPSA) is 69.6 Å². The smallest absolute Gasteiger partial charge is 0.299 e. The zero-order valence-corrected chi connectivity index (χ0v) is 5.60. The van der Waals surface area contributed by atoms with Gasteiger partial charge in [-0.05, 0) is 12.6 Å². The molecule has 0 aliphatic carbocycles. The van der Waals surface area contributed by atoms with Crippen molar-refractivity contribution in [2.45, 2.75) is 6.42 Å². The molecule has 1 aliphatic heterocycles. The molecule has 0 aromatic carbocycles. The van der Waals surface area contributed by atoms with Gasteiger partial charge in [0.15, 0.2) is 0 Å². The predicted molar refractivity (Wildman–Crippen MR) is 35.2 cm³/mol. The lowest BCUT2D eigenvalue weighted by molar-refractivity contribution is 0.454. The van der Waals surface area contributed by atoms with Gasteiger partial charge in [-0.3, -0.25) is 9.11 Å². The third-order valence-electron chi connectivity index (χ3n) is 0.691. The Hall–Kier alpha value is -0.390. The molecule has 0 spiro atoms. The molecule has 1 heterocycles. The zero-order valence-electron chi connectivity index (χ0n) is 4.78. The van der Waals surface area contributed by atoms with Gasteiger partial charge < -0.3 is 5.32 Å². The van der Waals surface area contributed by atoms with E-state index in [9.17, 15) is 0 Å². The molecule has 4 nitrogen and oxygen atoms in total. The summed E-state index contributed by atoms with van der Waals surface area (Å²) in [6.07, 6.45) is 5.32. The van der Waals surface area contributed by atoms with Crippen LogP contribution in [0.25, 0.3) is 0 Å². The van der Waals surface area contributed by atoms with Gasteiger partial charge in [-0.1, -0.05) is 6.08 Å². The monoisotopic (exact) mass is 151 g/mol. The van der Waals surface area contributed by atoms with E-state index in [1.54, 1.807) is 0 Å². The van der Waals surface area contributed by atoms with Crippen molar-refractivity contribution >= 4 is 11.4 Å². The molecule has 0 radical (unpaired) electrons. The third-order valence-corrected chi connectivity index (χ3v) is 0.691. The lowest BCUT2D eigenvalue weighted by Gasteiger charge is -1.78. The van der Waals surface area contributed by atoms with Crippen molar-refractivity contribution in [1.82, 2.24) is 5.32 Å². The predicted octanol–water partition coefficient (Wildman–Crippen LogP) is 0.174. The highest BCUT2D eigenvalue weighted by molar-refractivity contribution is 7.73. The van der Waals surface area contributed by atoms with Crippen LogP contribution < -0.4 is 5.32 Å². The normalized spacial score (nSPS) is 14.6. The highest BCUT2D eigenvalue weighted by Gasteiger charge is 1.81. The lowest BCUT2D eigenvalue weighted by atomic mass is 10.5. The lowest BCUT2D eigenvalue weighted by Crippen LogP contribution is -1.96. The fourth-order valence-corrected chi connectivity index (χ4v) is 0.417. The van der Waals surface area contributed by atoms with Crippen LogP contribution in [0.15, 0.2) is 12.3 Å². The number of rotatable bonds is 0. The van der Waals surface area contributed by atoms with Crippen LogP contribution in [0, 0.1) is 0 Å². The van der Waals surface area contributed by atoms with E-state index >= 15 is 0 Å². The highest BCUT2D eigenvalue weighted by Crippen LogP contribution is 1.84. The second-order valence-corrected chi connectivity index (χ2v) is 1.84. The van der Waals surface area contributed by atoms with Crippen molar-refractivity contribution in [1.29, 1.82) is 0 Å². The Labute approximate surface area is 56.1 Å². The van der Waals surface area contributed by atoms with E-state index in [0.29, 0.717) is 0 Å². The average Bonchev–Trinajstić information content (AvgIpc) is 2.11. The largest absolute Gasteiger partial charge is 0.391 e. The molecule has 0 saturated heterocycles. The summed E-state index contributed by atoms with van der Waals surface area (Å²) < 4.78 is 22.8. The van der Waals surface area contributed by atoms with Gasteiger partial charge in [-0.15, -0.1) is 0 Å². The molecule has 3 N–H and O–H groups in total. The molecule has 1 rings (SSSR count). The van der Waals surface area contributed by atoms with E-state index in [1.165, 1.54) is 6.42 Å². The molecule has 0 aromatic rings. The number of nitrogens with one attached hydrogen (secondary N) is 1. The molecule has 9 heavy (non-hydrogen) atoms. The summed E-state index contributed by atoms with van der Waals surface area (Å²) in [7, 11) is 0. The van der Waals surface area contributed by atoms with Gasteiger partial charge in [0, 0.05) is 6.54 Å². The Balaban J connectivity index is 0.000000148. The van der Waals surface area contributed by atoms with Crippen LogP contribution in [-0.4, -0.2) is 19.9 Å². The Kier molecular flexibility index (Phi) is 5.49. The van der Waals surface area contributed by atoms with Gasteiger partial charge in [-0.25, -0.2) is 0 Å². The van der Waals surface area contributed by atoms with Crippen LogP contribution >= 0.6 is 0 Å². The molecule has 0 atom stereocenters. The van der Waals surface area contributed by atoms with Crippen LogP contribution in [0.5, 0.6) is 0 Å². The van der Waals surface area contributed by atoms with Gasteiger partial charge in [0.2, 0.25) is 0 Å². The van der Waals surface area contributed by atoms with Crippen molar-refractivity contribution in [3.63, 3.8) is 0 Å². The zero-order chi connectivity index (χ0) is 7.11. The molecule has 0 amide bonds. The fourth-order valence-electron chi connectivity index (χ4n) is 0.417. The SMILES string of the molecule is C1=CNCC1.O=S(O)O. The van der Waals surface area contributed by atoms with Gasteiger partial charge in [0.25, 0.3) is 11.4 Å². The second-order valence-electron chi connectivity index (χ2n) is 1.38. The summed E-state index contributed by atoms with van der Waals surface area (Å²) >= 11 is -2.61. The Morgan fingerprint density at radius 1 is 1.56 bits per heavy atom. The van der Waals surface area contributed by atoms with Crippen molar-refractivity contribution in [3.05, 3.63) is 12.3 Å². The van der Waals surface area contributed by atoms with Crippen LogP contribution in [0.4, 0.5) is 0 Å². The van der Waals surface area contributed by atoms with E-state index < -0.39 is 11.4 Å². The van der Waals surface area contributed by atoms with Crippen LogP contribution in [-0.2, 0) is 11.4 Å². The molecule has 5 heteroatoms. The Morgan fingerprint density at radius 2 is 2.11 bits per heavy atom. The van der Waals surface area contributed by atoms with Gasteiger partial charge in [0.05, 0.1) is 0 Å². The first-order valence-electron chi connectivity index (χ1n) is 2.42. The molecule has 0 saturated carbocycles. The number of hydrogen-bond donors (Lipinski definition) is 3. The average molecular weight is 151 g/mol. The summed E-state index contributed by atoms with van der Waals surface area (Å²) in [5, 5.41) is 3.04. The van der Waals surface area contributed by atoms with E-state index in [4.69, 9.17) is 13.3 Å². The molecule has 0 fully saturated rings. The summed E-state index contributed by atoms with van der Waals surface area (Å²) in [5.74, 6) is 0. The first kappa shape index (κ1) is 8.61. The number of hydrogen-bond acceptors (Lipinski definition) is 2.